The van der Waals surface area contributed by atoms with Crippen molar-refractivity contribution < 1.29 is 13.2 Å². The molecule has 23 heavy (non-hydrogen) atoms. The number of amides is 1. The van der Waals surface area contributed by atoms with E-state index in [9.17, 15) is 13.2 Å². The summed E-state index contributed by atoms with van der Waals surface area (Å²) in [6.07, 6.45) is 0.839. The van der Waals surface area contributed by atoms with E-state index in [1.54, 1.807) is 19.1 Å². The van der Waals surface area contributed by atoms with Gasteiger partial charge in [-0.25, -0.2) is 13.1 Å². The van der Waals surface area contributed by atoms with Crippen LogP contribution < -0.4 is 15.8 Å². The second kappa shape index (κ2) is 9.87. The first-order chi connectivity index (χ1) is 10.3. The summed E-state index contributed by atoms with van der Waals surface area (Å²) in [6.45, 7) is 6.31. The van der Waals surface area contributed by atoms with E-state index in [0.717, 1.165) is 12.0 Å². The molecular weight excluding hydrogens is 338 g/mol. The van der Waals surface area contributed by atoms with Crippen molar-refractivity contribution in [3.8, 4) is 0 Å². The van der Waals surface area contributed by atoms with Crippen LogP contribution in [0, 0.1) is 5.92 Å². The fourth-order valence-electron chi connectivity index (χ4n) is 1.88. The Morgan fingerprint density at radius 3 is 2.26 bits per heavy atom. The molecule has 6 nitrogen and oxygen atoms in total. The Bertz CT molecular complexity index is 590. The van der Waals surface area contributed by atoms with Crippen molar-refractivity contribution in [2.24, 2.45) is 11.7 Å². The summed E-state index contributed by atoms with van der Waals surface area (Å²) in [5.74, 6) is -0.0775. The van der Waals surface area contributed by atoms with Gasteiger partial charge in [0.25, 0.3) is 0 Å². The van der Waals surface area contributed by atoms with Crippen LogP contribution in [-0.4, -0.2) is 26.9 Å². The molecule has 0 radical (unpaired) electrons. The molecule has 0 aliphatic heterocycles. The molecule has 0 saturated carbocycles. The minimum absolute atomic E-state index is 0. The van der Waals surface area contributed by atoms with Gasteiger partial charge in [0, 0.05) is 13.1 Å². The van der Waals surface area contributed by atoms with Crippen LogP contribution in [-0.2, 0) is 21.4 Å². The first-order valence-corrected chi connectivity index (χ1v) is 8.92. The van der Waals surface area contributed by atoms with E-state index < -0.39 is 16.1 Å². The van der Waals surface area contributed by atoms with Gasteiger partial charge in [0.2, 0.25) is 15.9 Å². The van der Waals surface area contributed by atoms with E-state index in [4.69, 9.17) is 5.73 Å². The van der Waals surface area contributed by atoms with Gasteiger partial charge in [0.1, 0.15) is 0 Å². The van der Waals surface area contributed by atoms with Crippen LogP contribution in [0.3, 0.4) is 0 Å². The van der Waals surface area contributed by atoms with Crippen LogP contribution in [0.4, 0.5) is 0 Å². The van der Waals surface area contributed by atoms with Gasteiger partial charge in [-0.3, -0.25) is 4.79 Å². The molecule has 0 bridgehead atoms. The highest BCUT2D eigenvalue weighted by Crippen LogP contribution is 2.11. The quantitative estimate of drug-likeness (QED) is 0.649. The van der Waals surface area contributed by atoms with Crippen LogP contribution >= 0.6 is 12.4 Å². The van der Waals surface area contributed by atoms with Crippen LogP contribution in [0.15, 0.2) is 29.2 Å². The summed E-state index contributed by atoms with van der Waals surface area (Å²) in [6, 6.07) is 5.87. The van der Waals surface area contributed by atoms with Crippen molar-refractivity contribution in [3.05, 3.63) is 29.8 Å². The fourth-order valence-corrected chi connectivity index (χ4v) is 2.92. The molecule has 2 unspecified atom stereocenters. The van der Waals surface area contributed by atoms with Crippen LogP contribution in [0.1, 0.15) is 32.8 Å². The molecule has 0 fully saturated rings. The van der Waals surface area contributed by atoms with E-state index in [0.29, 0.717) is 13.1 Å². The van der Waals surface area contributed by atoms with Crippen molar-refractivity contribution in [3.63, 3.8) is 0 Å². The van der Waals surface area contributed by atoms with Gasteiger partial charge < -0.3 is 11.1 Å². The fraction of sp³-hybridized carbons (Fsp3) is 0.533. The number of carbonyl (C=O) groups is 1. The lowest BCUT2D eigenvalue weighted by atomic mass is 9.99. The molecule has 0 spiro atoms. The molecule has 0 heterocycles. The first-order valence-electron chi connectivity index (χ1n) is 7.43. The summed E-state index contributed by atoms with van der Waals surface area (Å²) in [4.78, 5) is 12.1. The molecule has 0 saturated heterocycles. The lowest BCUT2D eigenvalue weighted by molar-refractivity contribution is -0.123. The molecule has 2 atom stereocenters. The standard InChI is InChI=1S/C15H25N3O3S.ClH/c1-4-11(3)14(16)15(19)17-10-12-6-8-13(9-7-12)22(20,21)18-5-2;/h6-9,11,14,18H,4-5,10,16H2,1-3H3,(H,17,19);1H. The summed E-state index contributed by atoms with van der Waals surface area (Å²) in [5, 5.41) is 2.77. The molecule has 0 aromatic heterocycles. The van der Waals surface area contributed by atoms with Crippen LogP contribution in [0.5, 0.6) is 0 Å². The highest BCUT2D eigenvalue weighted by molar-refractivity contribution is 7.89. The monoisotopic (exact) mass is 363 g/mol. The van der Waals surface area contributed by atoms with E-state index in [2.05, 4.69) is 10.0 Å². The summed E-state index contributed by atoms with van der Waals surface area (Å²) in [5.41, 5.74) is 6.67. The number of hydrogen-bond acceptors (Lipinski definition) is 4. The number of nitrogens with one attached hydrogen (secondary N) is 2. The lowest BCUT2D eigenvalue weighted by Crippen LogP contribution is -2.44. The number of nitrogens with two attached hydrogens (primary N) is 1. The molecule has 0 aliphatic carbocycles. The van der Waals surface area contributed by atoms with Crippen molar-refractivity contribution in [1.29, 1.82) is 0 Å². The van der Waals surface area contributed by atoms with Crippen LogP contribution in [0.2, 0.25) is 0 Å². The smallest absolute Gasteiger partial charge is 0.240 e. The Morgan fingerprint density at radius 2 is 1.78 bits per heavy atom. The largest absolute Gasteiger partial charge is 0.351 e. The van der Waals surface area contributed by atoms with E-state index >= 15 is 0 Å². The SMILES string of the molecule is CCNS(=O)(=O)c1ccc(CNC(=O)C(N)C(C)CC)cc1.Cl. The minimum atomic E-state index is -3.44. The van der Waals surface area contributed by atoms with Crippen molar-refractivity contribution in [2.45, 2.75) is 44.7 Å². The second-order valence-corrected chi connectivity index (χ2v) is 7.04. The Morgan fingerprint density at radius 1 is 1.22 bits per heavy atom. The summed E-state index contributed by atoms with van der Waals surface area (Å²) < 4.78 is 26.0. The van der Waals surface area contributed by atoms with Gasteiger partial charge in [-0.05, 0) is 23.6 Å². The normalized spacial score (nSPS) is 13.7. The van der Waals surface area contributed by atoms with Crippen molar-refractivity contribution >= 4 is 28.3 Å². The van der Waals surface area contributed by atoms with Crippen molar-refractivity contribution in [2.75, 3.05) is 6.54 Å². The number of carbonyl (C=O) groups excluding carboxylic acids is 1. The number of halogens is 1. The Kier molecular flexibility index (Phi) is 9.38. The molecule has 1 aromatic rings. The van der Waals surface area contributed by atoms with Crippen molar-refractivity contribution in [1.82, 2.24) is 10.0 Å². The molecule has 4 N–H and O–H groups in total. The predicted molar refractivity (Wildman–Crippen MR) is 93.8 cm³/mol. The Balaban J connectivity index is 0.00000484. The Labute approximate surface area is 144 Å². The summed E-state index contributed by atoms with van der Waals surface area (Å²) >= 11 is 0. The van der Waals surface area contributed by atoms with E-state index in [-0.39, 0.29) is 29.1 Å². The predicted octanol–water partition coefficient (Wildman–Crippen LogP) is 1.40. The molecular formula is C15H26ClN3O3S. The third-order valence-corrected chi connectivity index (χ3v) is 5.16. The van der Waals surface area contributed by atoms with Gasteiger partial charge in [-0.15, -0.1) is 12.4 Å². The maximum atomic E-state index is 11.9. The zero-order valence-electron chi connectivity index (χ0n) is 13.7. The highest BCUT2D eigenvalue weighted by atomic mass is 35.5. The third-order valence-electron chi connectivity index (χ3n) is 3.59. The van der Waals surface area contributed by atoms with Gasteiger partial charge >= 0.3 is 0 Å². The average Bonchev–Trinajstić information content (AvgIpc) is 2.51. The topological polar surface area (TPSA) is 101 Å². The number of hydrogen-bond donors (Lipinski definition) is 3. The summed E-state index contributed by atoms with van der Waals surface area (Å²) in [7, 11) is -3.44. The van der Waals surface area contributed by atoms with Gasteiger partial charge in [-0.1, -0.05) is 39.3 Å². The average molecular weight is 364 g/mol. The number of benzene rings is 1. The molecule has 0 aliphatic rings. The second-order valence-electron chi connectivity index (χ2n) is 5.27. The van der Waals surface area contributed by atoms with Gasteiger partial charge in [0.15, 0.2) is 0 Å². The maximum absolute atomic E-state index is 11.9. The van der Waals surface area contributed by atoms with E-state index in [1.165, 1.54) is 12.1 Å². The molecule has 1 amide bonds. The third kappa shape index (κ3) is 6.47. The lowest BCUT2D eigenvalue weighted by Gasteiger charge is -2.17. The first kappa shape index (κ1) is 21.9. The minimum Gasteiger partial charge on any atom is -0.351 e. The number of rotatable bonds is 8. The zero-order chi connectivity index (χ0) is 16.8. The highest BCUT2D eigenvalue weighted by Gasteiger charge is 2.19. The molecule has 1 aromatic carbocycles. The Hall–Kier alpha value is -1.15. The van der Waals surface area contributed by atoms with Gasteiger partial charge in [0.05, 0.1) is 10.9 Å². The zero-order valence-corrected chi connectivity index (χ0v) is 15.3. The van der Waals surface area contributed by atoms with E-state index in [1.807, 2.05) is 13.8 Å². The molecule has 132 valence electrons. The van der Waals surface area contributed by atoms with Crippen LogP contribution in [0.25, 0.3) is 0 Å². The molecule has 1 rings (SSSR count). The number of sulfonamides is 1. The molecule has 8 heteroatoms. The maximum Gasteiger partial charge on any atom is 0.240 e. The van der Waals surface area contributed by atoms with Gasteiger partial charge in [-0.2, -0.15) is 0 Å².